The van der Waals surface area contributed by atoms with Crippen LogP contribution in [-0.4, -0.2) is 17.0 Å². The van der Waals surface area contributed by atoms with Crippen LogP contribution in [0, 0.1) is 0 Å². The van der Waals surface area contributed by atoms with E-state index >= 15 is 0 Å². The second kappa shape index (κ2) is 9.54. The molecular formula is C25H23NO3. The van der Waals surface area contributed by atoms with Crippen LogP contribution in [0.25, 0.3) is 5.57 Å². The van der Waals surface area contributed by atoms with Crippen molar-refractivity contribution in [1.82, 2.24) is 0 Å². The number of allylic oxidation sites excluding steroid dienone is 4. The lowest BCUT2D eigenvalue weighted by Gasteiger charge is -2.16. The highest BCUT2D eigenvalue weighted by Crippen LogP contribution is 2.33. The molecule has 0 radical (unpaired) electrons. The van der Waals surface area contributed by atoms with Gasteiger partial charge in [-0.15, -0.1) is 5.73 Å². The van der Waals surface area contributed by atoms with Crippen LogP contribution in [0.1, 0.15) is 37.3 Å². The maximum absolute atomic E-state index is 11.9. The first-order valence-corrected chi connectivity index (χ1v) is 9.63. The van der Waals surface area contributed by atoms with Crippen molar-refractivity contribution in [3.63, 3.8) is 0 Å². The van der Waals surface area contributed by atoms with Crippen molar-refractivity contribution in [2.24, 2.45) is 0 Å². The fraction of sp³-hybridized carbons (Fsp3) is 0.160. The molecule has 2 aromatic carbocycles. The molecule has 1 aliphatic carbocycles. The summed E-state index contributed by atoms with van der Waals surface area (Å²) in [6, 6.07) is 17.9. The number of carboxylic acid groups (broad SMARTS) is 1. The quantitative estimate of drug-likeness (QED) is 0.602. The minimum Gasteiger partial charge on any atom is -0.481 e. The van der Waals surface area contributed by atoms with Gasteiger partial charge >= 0.3 is 5.97 Å². The third kappa shape index (κ3) is 5.22. The molecule has 0 saturated carbocycles. The van der Waals surface area contributed by atoms with Crippen molar-refractivity contribution >= 4 is 23.1 Å². The Bertz CT molecular complexity index is 1020. The maximum atomic E-state index is 11.9. The highest BCUT2D eigenvalue weighted by atomic mass is 16.4. The SMILES string of the molecule is CC/C(C1=C=CC=C1)=C(/c1ccccc1)c1ccc(NC(=O)CCC(=O)O)cc1. The number of rotatable bonds is 8. The van der Waals surface area contributed by atoms with Crippen LogP contribution in [0.5, 0.6) is 0 Å². The molecule has 3 rings (SSSR count). The van der Waals surface area contributed by atoms with Crippen LogP contribution in [0.4, 0.5) is 5.69 Å². The predicted molar refractivity (Wildman–Crippen MR) is 115 cm³/mol. The number of benzene rings is 2. The Morgan fingerprint density at radius 2 is 1.66 bits per heavy atom. The lowest BCUT2D eigenvalue weighted by atomic mass is 9.88. The monoisotopic (exact) mass is 385 g/mol. The van der Waals surface area contributed by atoms with Gasteiger partial charge in [-0.2, -0.15) is 0 Å². The van der Waals surface area contributed by atoms with Crippen LogP contribution in [0.2, 0.25) is 0 Å². The van der Waals surface area contributed by atoms with Crippen molar-refractivity contribution in [1.29, 1.82) is 0 Å². The van der Waals surface area contributed by atoms with Gasteiger partial charge in [0.2, 0.25) is 5.91 Å². The molecule has 146 valence electrons. The molecule has 0 atom stereocenters. The van der Waals surface area contributed by atoms with Gasteiger partial charge in [0, 0.05) is 17.7 Å². The zero-order chi connectivity index (χ0) is 20.6. The molecule has 0 aliphatic heterocycles. The van der Waals surface area contributed by atoms with Gasteiger partial charge in [-0.05, 0) is 53.0 Å². The van der Waals surface area contributed by atoms with Crippen molar-refractivity contribution in [3.8, 4) is 0 Å². The van der Waals surface area contributed by atoms with Crippen LogP contribution in [-0.2, 0) is 9.59 Å². The summed E-state index contributed by atoms with van der Waals surface area (Å²) < 4.78 is 0. The van der Waals surface area contributed by atoms with Crippen LogP contribution >= 0.6 is 0 Å². The number of hydrogen-bond donors (Lipinski definition) is 2. The molecule has 1 amide bonds. The number of aliphatic carboxylic acids is 1. The number of carboxylic acids is 1. The maximum Gasteiger partial charge on any atom is 0.303 e. The van der Waals surface area contributed by atoms with E-state index in [9.17, 15) is 9.59 Å². The third-order valence-corrected chi connectivity index (χ3v) is 4.66. The Kier molecular flexibility index (Phi) is 6.62. The fourth-order valence-corrected chi connectivity index (χ4v) is 3.30. The molecular weight excluding hydrogens is 362 g/mol. The van der Waals surface area contributed by atoms with E-state index in [0.717, 1.165) is 28.7 Å². The third-order valence-electron chi connectivity index (χ3n) is 4.66. The summed E-state index contributed by atoms with van der Waals surface area (Å²) in [6.07, 6.45) is 6.61. The minimum atomic E-state index is -0.982. The lowest BCUT2D eigenvalue weighted by Crippen LogP contribution is -2.13. The van der Waals surface area contributed by atoms with Gasteiger partial charge in [0.05, 0.1) is 6.42 Å². The number of hydrogen-bond acceptors (Lipinski definition) is 2. The summed E-state index contributed by atoms with van der Waals surface area (Å²) in [4.78, 5) is 22.5. The summed E-state index contributed by atoms with van der Waals surface area (Å²) >= 11 is 0. The molecule has 0 heterocycles. The molecule has 1 aliphatic rings. The Hall–Kier alpha value is -3.62. The van der Waals surface area contributed by atoms with Gasteiger partial charge in [-0.25, -0.2) is 0 Å². The first-order valence-electron chi connectivity index (χ1n) is 9.63. The topological polar surface area (TPSA) is 66.4 Å². The Labute approximate surface area is 170 Å². The van der Waals surface area contributed by atoms with Gasteiger partial charge in [0.15, 0.2) is 0 Å². The van der Waals surface area contributed by atoms with E-state index in [-0.39, 0.29) is 18.7 Å². The molecule has 0 bridgehead atoms. The number of anilines is 1. The van der Waals surface area contributed by atoms with E-state index in [1.165, 1.54) is 5.57 Å². The summed E-state index contributed by atoms with van der Waals surface area (Å²) in [6.45, 7) is 2.14. The Balaban J connectivity index is 1.93. The van der Waals surface area contributed by atoms with E-state index < -0.39 is 5.97 Å². The number of carbonyl (C=O) groups is 2. The Morgan fingerprint density at radius 3 is 2.24 bits per heavy atom. The molecule has 2 aromatic rings. The molecule has 0 fully saturated rings. The van der Waals surface area contributed by atoms with Gasteiger partial charge in [-0.1, -0.05) is 55.5 Å². The number of nitrogens with one attached hydrogen (secondary N) is 1. The molecule has 0 aromatic heterocycles. The van der Waals surface area contributed by atoms with Crippen LogP contribution < -0.4 is 5.32 Å². The van der Waals surface area contributed by atoms with E-state index in [0.29, 0.717) is 5.69 Å². The molecule has 0 unspecified atom stereocenters. The van der Waals surface area contributed by atoms with E-state index in [2.05, 4.69) is 36.2 Å². The smallest absolute Gasteiger partial charge is 0.303 e. The van der Waals surface area contributed by atoms with Crippen molar-refractivity contribution < 1.29 is 14.7 Å². The molecule has 29 heavy (non-hydrogen) atoms. The average Bonchev–Trinajstić information content (AvgIpc) is 3.26. The summed E-state index contributed by atoms with van der Waals surface area (Å²) in [5.74, 6) is -1.29. The molecule has 0 spiro atoms. The molecule has 0 saturated heterocycles. The van der Waals surface area contributed by atoms with Gasteiger partial charge in [-0.3, -0.25) is 9.59 Å². The van der Waals surface area contributed by atoms with Gasteiger partial charge in [0.25, 0.3) is 0 Å². The minimum absolute atomic E-state index is 0.0426. The molecule has 4 nitrogen and oxygen atoms in total. The lowest BCUT2D eigenvalue weighted by molar-refractivity contribution is -0.138. The standard InChI is InChI=1S/C25H23NO3/c1-2-22(18-8-6-7-9-18)25(19-10-4-3-5-11-19)20-12-14-21(15-13-20)26-23(27)16-17-24(28)29/h3-8,10-15H,2,16-17H2,1H3,(H,26,27)(H,28,29)/b25-22+. The van der Waals surface area contributed by atoms with Crippen LogP contribution in [0.15, 0.2) is 89.7 Å². The van der Waals surface area contributed by atoms with Crippen molar-refractivity contribution in [2.45, 2.75) is 26.2 Å². The zero-order valence-electron chi connectivity index (χ0n) is 16.3. The second-order valence-corrected chi connectivity index (χ2v) is 6.68. The zero-order valence-corrected chi connectivity index (χ0v) is 16.3. The normalized spacial score (nSPS) is 13.1. The summed E-state index contributed by atoms with van der Waals surface area (Å²) in [7, 11) is 0. The average molecular weight is 385 g/mol. The van der Waals surface area contributed by atoms with Crippen molar-refractivity contribution in [3.05, 3.63) is 101 Å². The largest absolute Gasteiger partial charge is 0.481 e. The highest BCUT2D eigenvalue weighted by molar-refractivity contribution is 5.93. The van der Waals surface area contributed by atoms with Crippen LogP contribution in [0.3, 0.4) is 0 Å². The van der Waals surface area contributed by atoms with Gasteiger partial charge in [0.1, 0.15) is 0 Å². The first kappa shape index (κ1) is 20.1. The second-order valence-electron chi connectivity index (χ2n) is 6.68. The van der Waals surface area contributed by atoms with Crippen molar-refractivity contribution in [2.75, 3.05) is 5.32 Å². The highest BCUT2D eigenvalue weighted by Gasteiger charge is 2.14. The molecule has 4 heteroatoms. The fourth-order valence-electron chi connectivity index (χ4n) is 3.30. The molecule has 2 N–H and O–H groups in total. The number of amides is 1. The van der Waals surface area contributed by atoms with E-state index in [1.54, 1.807) is 0 Å². The van der Waals surface area contributed by atoms with Gasteiger partial charge < -0.3 is 10.4 Å². The summed E-state index contributed by atoms with van der Waals surface area (Å²) in [5.41, 5.74) is 9.55. The Morgan fingerprint density at radius 1 is 0.966 bits per heavy atom. The van der Waals surface area contributed by atoms with E-state index in [1.807, 2.05) is 54.6 Å². The first-order chi connectivity index (χ1) is 14.1. The summed E-state index contributed by atoms with van der Waals surface area (Å²) in [5, 5.41) is 11.4. The predicted octanol–water partition coefficient (Wildman–Crippen LogP) is 5.35. The number of carbonyl (C=O) groups excluding carboxylic acids is 1. The van der Waals surface area contributed by atoms with E-state index in [4.69, 9.17) is 5.11 Å².